The van der Waals surface area contributed by atoms with Crippen molar-refractivity contribution in [2.75, 3.05) is 6.54 Å². The number of rotatable bonds is 4. The van der Waals surface area contributed by atoms with Crippen molar-refractivity contribution in [3.05, 3.63) is 34.0 Å². The standard InChI is InChI=1S/C14H20N4OS/c1-10-16-12(9-20-10)8-18-4-3-14(19)13(18)5-11-6-15-17(2)7-11/h6-7,9,13-14,19H,3-5,8H2,1-2H3/t13-,14+/m1/s1. The van der Waals surface area contributed by atoms with Crippen molar-refractivity contribution in [3.8, 4) is 0 Å². The second kappa shape index (κ2) is 5.63. The van der Waals surface area contributed by atoms with Crippen molar-refractivity contribution in [2.45, 2.75) is 38.5 Å². The lowest BCUT2D eigenvalue weighted by Gasteiger charge is -2.25. The largest absolute Gasteiger partial charge is 0.391 e. The van der Waals surface area contributed by atoms with Crippen LogP contribution < -0.4 is 0 Å². The van der Waals surface area contributed by atoms with E-state index in [4.69, 9.17) is 0 Å². The second-order valence-electron chi connectivity index (χ2n) is 5.48. The molecular weight excluding hydrogens is 272 g/mol. The van der Waals surface area contributed by atoms with E-state index < -0.39 is 0 Å². The summed E-state index contributed by atoms with van der Waals surface area (Å²) in [5, 5.41) is 17.6. The molecule has 0 amide bonds. The number of hydrogen-bond acceptors (Lipinski definition) is 5. The van der Waals surface area contributed by atoms with Gasteiger partial charge < -0.3 is 5.11 Å². The van der Waals surface area contributed by atoms with Gasteiger partial charge in [0.05, 0.1) is 23.0 Å². The number of nitrogens with zero attached hydrogens (tertiary/aromatic N) is 4. The Hall–Kier alpha value is -1.24. The molecule has 3 rings (SSSR count). The average molecular weight is 292 g/mol. The molecule has 0 bridgehead atoms. The van der Waals surface area contributed by atoms with Crippen LogP contribution in [0.1, 0.15) is 22.7 Å². The summed E-state index contributed by atoms with van der Waals surface area (Å²) in [5.74, 6) is 0. The fourth-order valence-electron chi connectivity index (χ4n) is 2.87. The van der Waals surface area contributed by atoms with E-state index in [9.17, 15) is 5.11 Å². The smallest absolute Gasteiger partial charge is 0.0897 e. The lowest BCUT2D eigenvalue weighted by molar-refractivity contribution is 0.112. The maximum absolute atomic E-state index is 10.2. The second-order valence-corrected chi connectivity index (χ2v) is 6.54. The first-order valence-electron chi connectivity index (χ1n) is 6.92. The van der Waals surface area contributed by atoms with Crippen molar-refractivity contribution in [2.24, 2.45) is 7.05 Å². The van der Waals surface area contributed by atoms with Crippen LogP contribution in [0.4, 0.5) is 0 Å². The summed E-state index contributed by atoms with van der Waals surface area (Å²) >= 11 is 1.68. The van der Waals surface area contributed by atoms with Gasteiger partial charge in [-0.05, 0) is 25.3 Å². The Morgan fingerprint density at radius 1 is 1.50 bits per heavy atom. The highest BCUT2D eigenvalue weighted by atomic mass is 32.1. The number of thiazole rings is 1. The highest BCUT2D eigenvalue weighted by molar-refractivity contribution is 7.09. The van der Waals surface area contributed by atoms with Gasteiger partial charge in [0.15, 0.2) is 0 Å². The molecule has 0 aromatic carbocycles. The summed E-state index contributed by atoms with van der Waals surface area (Å²) in [6, 6.07) is 0.168. The molecule has 1 fully saturated rings. The molecule has 1 saturated heterocycles. The van der Waals surface area contributed by atoms with Gasteiger partial charge in [0.2, 0.25) is 0 Å². The monoisotopic (exact) mass is 292 g/mol. The Kier molecular flexibility index (Phi) is 3.87. The molecule has 0 saturated carbocycles. The molecule has 108 valence electrons. The van der Waals surface area contributed by atoms with Crippen LogP contribution in [0.5, 0.6) is 0 Å². The molecule has 1 N–H and O–H groups in total. The number of aromatic nitrogens is 3. The van der Waals surface area contributed by atoms with E-state index in [1.807, 2.05) is 31.0 Å². The molecule has 0 radical (unpaired) electrons. The Morgan fingerprint density at radius 2 is 2.35 bits per heavy atom. The summed E-state index contributed by atoms with van der Waals surface area (Å²) in [6.45, 7) is 3.79. The molecule has 3 heterocycles. The minimum Gasteiger partial charge on any atom is -0.391 e. The normalized spacial score (nSPS) is 23.6. The van der Waals surface area contributed by atoms with Crippen LogP contribution in [0.25, 0.3) is 0 Å². The number of aryl methyl sites for hydroxylation is 2. The summed E-state index contributed by atoms with van der Waals surface area (Å²) < 4.78 is 1.81. The van der Waals surface area contributed by atoms with E-state index >= 15 is 0 Å². The van der Waals surface area contributed by atoms with Gasteiger partial charge in [-0.15, -0.1) is 11.3 Å². The summed E-state index contributed by atoms with van der Waals surface area (Å²) in [4.78, 5) is 6.86. The zero-order valence-corrected chi connectivity index (χ0v) is 12.7. The number of aliphatic hydroxyl groups is 1. The third-order valence-electron chi connectivity index (χ3n) is 3.86. The van der Waals surface area contributed by atoms with Gasteiger partial charge in [-0.3, -0.25) is 9.58 Å². The lowest BCUT2D eigenvalue weighted by atomic mass is 10.0. The molecule has 2 atom stereocenters. The van der Waals surface area contributed by atoms with Crippen LogP contribution in [-0.2, 0) is 20.0 Å². The van der Waals surface area contributed by atoms with Crippen LogP contribution in [0, 0.1) is 6.92 Å². The van der Waals surface area contributed by atoms with Gasteiger partial charge >= 0.3 is 0 Å². The first kappa shape index (κ1) is 13.7. The van der Waals surface area contributed by atoms with E-state index in [1.54, 1.807) is 11.3 Å². The zero-order valence-electron chi connectivity index (χ0n) is 11.9. The van der Waals surface area contributed by atoms with Crippen molar-refractivity contribution in [3.63, 3.8) is 0 Å². The molecule has 2 aromatic rings. The SMILES string of the molecule is Cc1nc(CN2CC[C@H](O)[C@H]2Cc2cnn(C)c2)cs1. The first-order valence-corrected chi connectivity index (χ1v) is 7.80. The Bertz CT molecular complexity index is 579. The fraction of sp³-hybridized carbons (Fsp3) is 0.571. The molecule has 1 aliphatic rings. The number of hydrogen-bond donors (Lipinski definition) is 1. The molecule has 6 heteroatoms. The topological polar surface area (TPSA) is 54.2 Å². The van der Waals surface area contributed by atoms with Gasteiger partial charge in [0, 0.05) is 37.8 Å². The summed E-state index contributed by atoms with van der Waals surface area (Å²) in [6.07, 6.45) is 5.34. The van der Waals surface area contributed by atoms with Gasteiger partial charge in [0.1, 0.15) is 0 Å². The Morgan fingerprint density at radius 3 is 3.00 bits per heavy atom. The van der Waals surface area contributed by atoms with Gasteiger partial charge in [-0.1, -0.05) is 0 Å². The van der Waals surface area contributed by atoms with Crippen molar-refractivity contribution < 1.29 is 5.11 Å². The third-order valence-corrected chi connectivity index (χ3v) is 4.68. The fourth-order valence-corrected chi connectivity index (χ4v) is 3.47. The number of aliphatic hydroxyl groups excluding tert-OH is 1. The maximum Gasteiger partial charge on any atom is 0.0897 e. The van der Waals surface area contributed by atoms with Gasteiger partial charge in [0.25, 0.3) is 0 Å². The average Bonchev–Trinajstić information content (AvgIpc) is 3.08. The van der Waals surface area contributed by atoms with Crippen molar-refractivity contribution in [1.82, 2.24) is 19.7 Å². The molecule has 2 aromatic heterocycles. The van der Waals surface area contributed by atoms with Gasteiger partial charge in [-0.2, -0.15) is 5.10 Å². The highest BCUT2D eigenvalue weighted by Gasteiger charge is 2.33. The molecule has 0 spiro atoms. The minimum absolute atomic E-state index is 0.168. The first-order chi connectivity index (χ1) is 9.61. The zero-order chi connectivity index (χ0) is 14.1. The number of likely N-dealkylation sites (tertiary alicyclic amines) is 1. The molecule has 1 aliphatic heterocycles. The summed E-state index contributed by atoms with van der Waals surface area (Å²) in [5.41, 5.74) is 2.29. The molecule has 0 unspecified atom stereocenters. The van der Waals surface area contributed by atoms with Crippen molar-refractivity contribution in [1.29, 1.82) is 0 Å². The third kappa shape index (κ3) is 2.92. The summed E-state index contributed by atoms with van der Waals surface area (Å²) in [7, 11) is 1.92. The van der Waals surface area contributed by atoms with E-state index in [0.717, 1.165) is 36.6 Å². The Labute approximate surface area is 122 Å². The minimum atomic E-state index is -0.255. The molecule has 20 heavy (non-hydrogen) atoms. The van der Waals surface area contributed by atoms with E-state index in [2.05, 4.69) is 20.4 Å². The van der Waals surface area contributed by atoms with E-state index in [0.29, 0.717) is 0 Å². The molecular formula is C14H20N4OS. The lowest BCUT2D eigenvalue weighted by Crippen LogP contribution is -2.36. The highest BCUT2D eigenvalue weighted by Crippen LogP contribution is 2.24. The van der Waals surface area contributed by atoms with E-state index in [-0.39, 0.29) is 12.1 Å². The van der Waals surface area contributed by atoms with Crippen LogP contribution in [0.3, 0.4) is 0 Å². The maximum atomic E-state index is 10.2. The van der Waals surface area contributed by atoms with Crippen molar-refractivity contribution >= 4 is 11.3 Å². The van der Waals surface area contributed by atoms with Gasteiger partial charge in [-0.25, -0.2) is 4.98 Å². The predicted octanol–water partition coefficient (Wildman–Crippen LogP) is 1.36. The molecule has 5 nitrogen and oxygen atoms in total. The van der Waals surface area contributed by atoms with E-state index in [1.165, 1.54) is 5.56 Å². The van der Waals surface area contributed by atoms with Crippen LogP contribution in [0.2, 0.25) is 0 Å². The van der Waals surface area contributed by atoms with Crippen LogP contribution in [0.15, 0.2) is 17.8 Å². The Balaban J connectivity index is 1.69. The molecule has 0 aliphatic carbocycles. The van der Waals surface area contributed by atoms with Crippen LogP contribution >= 0.6 is 11.3 Å². The quantitative estimate of drug-likeness (QED) is 0.924. The predicted molar refractivity (Wildman–Crippen MR) is 78.6 cm³/mol. The van der Waals surface area contributed by atoms with Crippen LogP contribution in [-0.4, -0.2) is 43.5 Å².